The molecule has 2 aromatic rings. The number of carbonyl (C=O) groups is 1. The third-order valence-corrected chi connectivity index (χ3v) is 6.69. The van der Waals surface area contributed by atoms with E-state index in [0.717, 1.165) is 0 Å². The summed E-state index contributed by atoms with van der Waals surface area (Å²) in [6, 6.07) is 9.77. The van der Waals surface area contributed by atoms with Crippen LogP contribution in [0.3, 0.4) is 0 Å². The number of methoxy groups -OCH3 is 1. The zero-order valence-electron chi connectivity index (χ0n) is 17.3. The first kappa shape index (κ1) is 23.0. The van der Waals surface area contributed by atoms with Crippen molar-refractivity contribution in [1.29, 1.82) is 0 Å². The Morgan fingerprint density at radius 1 is 1.19 bits per heavy atom. The molecular weight excluding hydrogens is 427 g/mol. The van der Waals surface area contributed by atoms with Crippen LogP contribution in [0.25, 0.3) is 0 Å². The Labute approximate surface area is 181 Å². The highest BCUT2D eigenvalue weighted by Crippen LogP contribution is 2.30. The summed E-state index contributed by atoms with van der Waals surface area (Å²) >= 11 is 0. The summed E-state index contributed by atoms with van der Waals surface area (Å²) in [4.78, 5) is 12.7. The summed E-state index contributed by atoms with van der Waals surface area (Å²) in [5.41, 5.74) is 0.291. The fraction of sp³-hybridized carbons (Fsp3) is 0.381. The second kappa shape index (κ2) is 10.1. The van der Waals surface area contributed by atoms with Gasteiger partial charge in [0.25, 0.3) is 5.91 Å². The zero-order valence-corrected chi connectivity index (χ0v) is 18.2. The summed E-state index contributed by atoms with van der Waals surface area (Å²) < 4.78 is 56.7. The Bertz CT molecular complexity index is 1010. The van der Waals surface area contributed by atoms with E-state index in [0.29, 0.717) is 31.1 Å². The Hall–Kier alpha value is -2.69. The van der Waals surface area contributed by atoms with Crippen molar-refractivity contribution in [3.63, 3.8) is 0 Å². The monoisotopic (exact) mass is 452 g/mol. The van der Waals surface area contributed by atoms with Crippen LogP contribution in [0.15, 0.2) is 47.4 Å². The second-order valence-corrected chi connectivity index (χ2v) is 8.75. The number of benzene rings is 2. The molecule has 2 aromatic carbocycles. The van der Waals surface area contributed by atoms with E-state index >= 15 is 0 Å². The van der Waals surface area contributed by atoms with Crippen LogP contribution in [0.5, 0.6) is 11.5 Å². The predicted octanol–water partition coefficient (Wildman–Crippen LogP) is 2.65. The number of nitrogens with zero attached hydrogens (tertiary/aromatic N) is 1. The van der Waals surface area contributed by atoms with Crippen LogP contribution < -0.4 is 14.8 Å². The first-order valence-corrected chi connectivity index (χ1v) is 11.3. The number of sulfonamides is 1. The number of nitrogens with one attached hydrogen (secondary N) is 1. The quantitative estimate of drug-likeness (QED) is 0.662. The van der Waals surface area contributed by atoms with Crippen LogP contribution in [0.2, 0.25) is 0 Å². The van der Waals surface area contributed by atoms with Crippen LogP contribution in [0.1, 0.15) is 13.3 Å². The number of carbonyl (C=O) groups excluding carboxylic acids is 1. The number of anilines is 1. The molecule has 1 saturated heterocycles. The minimum Gasteiger partial charge on any atom is -0.495 e. The van der Waals surface area contributed by atoms with Crippen LogP contribution in [0.4, 0.5) is 10.1 Å². The van der Waals surface area contributed by atoms with E-state index < -0.39 is 27.9 Å². The van der Waals surface area contributed by atoms with E-state index in [-0.39, 0.29) is 23.7 Å². The van der Waals surface area contributed by atoms with Gasteiger partial charge in [-0.3, -0.25) is 4.79 Å². The molecule has 0 spiro atoms. The van der Waals surface area contributed by atoms with Gasteiger partial charge in [0.1, 0.15) is 22.2 Å². The lowest BCUT2D eigenvalue weighted by atomic mass is 10.2. The number of rotatable bonds is 8. The summed E-state index contributed by atoms with van der Waals surface area (Å²) in [6.07, 6.45) is -0.481. The Morgan fingerprint density at radius 3 is 2.48 bits per heavy atom. The van der Waals surface area contributed by atoms with Gasteiger partial charge in [0.05, 0.1) is 20.3 Å². The standard InChI is InChI=1S/C21H25FN2O6S/c1-3-18(30-17-7-4-15(22)5-8-17)21(25)23-16-6-9-19(28-2)20(14-16)31(26,27)24-10-12-29-13-11-24/h4-9,14,18H,3,10-13H2,1-2H3,(H,23,25)/t18-/m0/s1. The first-order valence-electron chi connectivity index (χ1n) is 9.84. The fourth-order valence-electron chi connectivity index (χ4n) is 3.10. The van der Waals surface area contributed by atoms with E-state index in [9.17, 15) is 17.6 Å². The van der Waals surface area contributed by atoms with Crippen molar-refractivity contribution in [3.8, 4) is 11.5 Å². The maximum Gasteiger partial charge on any atom is 0.265 e. The van der Waals surface area contributed by atoms with Gasteiger partial charge >= 0.3 is 0 Å². The molecule has 1 aliphatic heterocycles. The van der Waals surface area contributed by atoms with E-state index in [4.69, 9.17) is 14.2 Å². The lowest BCUT2D eigenvalue weighted by molar-refractivity contribution is -0.122. The molecule has 1 heterocycles. The average Bonchev–Trinajstić information content (AvgIpc) is 2.79. The molecule has 1 fully saturated rings. The molecule has 168 valence electrons. The van der Waals surface area contributed by atoms with Crippen molar-refractivity contribution < 1.29 is 31.8 Å². The van der Waals surface area contributed by atoms with Crippen LogP contribution in [0, 0.1) is 5.82 Å². The highest BCUT2D eigenvalue weighted by Gasteiger charge is 2.30. The normalized spacial score (nSPS) is 15.8. The van der Waals surface area contributed by atoms with Gasteiger partial charge < -0.3 is 19.5 Å². The number of ether oxygens (including phenoxy) is 3. The maximum absolute atomic E-state index is 13.1. The Morgan fingerprint density at radius 2 is 1.87 bits per heavy atom. The summed E-state index contributed by atoms with van der Waals surface area (Å²) in [6.45, 7) is 2.89. The molecule has 3 rings (SSSR count). The van der Waals surface area contributed by atoms with Gasteiger partial charge in [-0.05, 0) is 48.9 Å². The SMILES string of the molecule is CC[C@H](Oc1ccc(F)cc1)C(=O)Nc1ccc(OC)c(S(=O)(=O)N2CCOCC2)c1. The predicted molar refractivity (Wildman–Crippen MR) is 112 cm³/mol. The third kappa shape index (κ3) is 5.52. The van der Waals surface area contributed by atoms with Crippen molar-refractivity contribution in [3.05, 3.63) is 48.3 Å². The largest absolute Gasteiger partial charge is 0.495 e. The van der Waals surface area contributed by atoms with Gasteiger partial charge in [-0.2, -0.15) is 4.31 Å². The van der Waals surface area contributed by atoms with Crippen LogP contribution in [-0.2, 0) is 19.6 Å². The minimum absolute atomic E-state index is 0.0396. The second-order valence-electron chi connectivity index (χ2n) is 6.84. The van der Waals surface area contributed by atoms with E-state index in [2.05, 4.69) is 5.32 Å². The van der Waals surface area contributed by atoms with E-state index in [1.165, 1.54) is 47.8 Å². The number of hydrogen-bond acceptors (Lipinski definition) is 6. The van der Waals surface area contributed by atoms with Gasteiger partial charge in [0.2, 0.25) is 10.0 Å². The van der Waals surface area contributed by atoms with Crippen molar-refractivity contribution in [2.75, 3.05) is 38.7 Å². The number of halogens is 1. The Kier molecular flexibility index (Phi) is 7.47. The topological polar surface area (TPSA) is 94.2 Å². The molecule has 1 amide bonds. The molecule has 0 bridgehead atoms. The number of hydrogen-bond donors (Lipinski definition) is 1. The summed E-state index contributed by atoms with van der Waals surface area (Å²) in [5, 5.41) is 2.69. The molecule has 8 nitrogen and oxygen atoms in total. The summed E-state index contributed by atoms with van der Waals surface area (Å²) in [7, 11) is -2.45. The van der Waals surface area contributed by atoms with Crippen molar-refractivity contribution in [2.45, 2.75) is 24.3 Å². The lowest BCUT2D eigenvalue weighted by Gasteiger charge is -2.27. The molecular formula is C21H25FN2O6S. The van der Waals surface area contributed by atoms with Gasteiger partial charge in [-0.25, -0.2) is 12.8 Å². The van der Waals surface area contributed by atoms with Gasteiger partial charge in [0.15, 0.2) is 6.10 Å². The smallest absolute Gasteiger partial charge is 0.265 e. The van der Waals surface area contributed by atoms with Gasteiger partial charge in [-0.15, -0.1) is 0 Å². The number of morpholine rings is 1. The molecule has 1 N–H and O–H groups in total. The van der Waals surface area contributed by atoms with Crippen molar-refractivity contribution >= 4 is 21.6 Å². The lowest BCUT2D eigenvalue weighted by Crippen LogP contribution is -2.40. The average molecular weight is 453 g/mol. The van der Waals surface area contributed by atoms with E-state index in [1.807, 2.05) is 0 Å². The minimum atomic E-state index is -3.83. The molecule has 1 atom stereocenters. The van der Waals surface area contributed by atoms with E-state index in [1.54, 1.807) is 13.0 Å². The van der Waals surface area contributed by atoms with Gasteiger partial charge in [-0.1, -0.05) is 6.92 Å². The molecule has 0 radical (unpaired) electrons. The van der Waals surface area contributed by atoms with Crippen LogP contribution in [-0.4, -0.2) is 58.1 Å². The third-order valence-electron chi connectivity index (χ3n) is 4.77. The van der Waals surface area contributed by atoms with Crippen molar-refractivity contribution in [1.82, 2.24) is 4.31 Å². The zero-order chi connectivity index (χ0) is 22.4. The highest BCUT2D eigenvalue weighted by atomic mass is 32.2. The molecule has 1 aliphatic rings. The fourth-order valence-corrected chi connectivity index (χ4v) is 4.69. The van der Waals surface area contributed by atoms with Crippen LogP contribution >= 0.6 is 0 Å². The number of amides is 1. The molecule has 10 heteroatoms. The molecule has 31 heavy (non-hydrogen) atoms. The molecule has 0 unspecified atom stereocenters. The highest BCUT2D eigenvalue weighted by molar-refractivity contribution is 7.89. The van der Waals surface area contributed by atoms with Crippen molar-refractivity contribution in [2.24, 2.45) is 0 Å². The summed E-state index contributed by atoms with van der Waals surface area (Å²) in [5.74, 6) is -0.323. The molecule has 0 saturated carbocycles. The molecule has 0 aliphatic carbocycles. The molecule has 0 aromatic heterocycles. The maximum atomic E-state index is 13.1. The van der Waals surface area contributed by atoms with Gasteiger partial charge in [0, 0.05) is 18.8 Å². The first-order chi connectivity index (χ1) is 14.8. The Balaban J connectivity index is 1.79.